The SMILES string of the molecule is CC/C=C\C/C=C\C/C=C\C/C=C\C/C=C\C/C=C\CCCCC(=O)OCC(COC(=O)CCCCCCCCCCCC)OC(=O)C/C=C\C/C=C\C/C=C\C/C=C\C/C=C\CC. The minimum absolute atomic E-state index is 0.0825. The molecule has 0 bridgehead atoms. The molecule has 0 aromatic rings. The molecule has 0 fully saturated rings. The molecular formula is C58H90O6. The van der Waals surface area contributed by atoms with E-state index in [4.69, 9.17) is 14.2 Å². The van der Waals surface area contributed by atoms with Gasteiger partial charge in [-0.25, -0.2) is 0 Å². The lowest BCUT2D eigenvalue weighted by atomic mass is 10.1. The van der Waals surface area contributed by atoms with E-state index in [0.717, 1.165) is 96.3 Å². The molecule has 6 heteroatoms. The Morgan fingerprint density at radius 3 is 1.03 bits per heavy atom. The molecule has 0 aliphatic heterocycles. The van der Waals surface area contributed by atoms with Crippen LogP contribution in [0.5, 0.6) is 0 Å². The highest BCUT2D eigenvalue weighted by Gasteiger charge is 2.19. The molecule has 0 rings (SSSR count). The van der Waals surface area contributed by atoms with Crippen LogP contribution < -0.4 is 0 Å². The predicted molar refractivity (Wildman–Crippen MR) is 274 cm³/mol. The van der Waals surface area contributed by atoms with Gasteiger partial charge in [0, 0.05) is 12.8 Å². The molecule has 0 amide bonds. The van der Waals surface area contributed by atoms with Gasteiger partial charge in [-0.3, -0.25) is 14.4 Å². The van der Waals surface area contributed by atoms with Crippen LogP contribution in [0.3, 0.4) is 0 Å². The molecule has 0 radical (unpaired) electrons. The van der Waals surface area contributed by atoms with Crippen molar-refractivity contribution in [2.24, 2.45) is 0 Å². The fourth-order valence-corrected chi connectivity index (χ4v) is 6.22. The van der Waals surface area contributed by atoms with Gasteiger partial charge in [0.05, 0.1) is 6.42 Å². The maximum atomic E-state index is 12.7. The van der Waals surface area contributed by atoms with Crippen molar-refractivity contribution in [1.82, 2.24) is 0 Å². The van der Waals surface area contributed by atoms with Gasteiger partial charge in [0.15, 0.2) is 6.10 Å². The predicted octanol–water partition coefficient (Wildman–Crippen LogP) is 16.7. The minimum atomic E-state index is -0.852. The van der Waals surface area contributed by atoms with Crippen molar-refractivity contribution in [3.8, 4) is 0 Å². The average Bonchev–Trinajstić information content (AvgIpc) is 3.29. The number of hydrogen-bond acceptors (Lipinski definition) is 6. The quantitative estimate of drug-likeness (QED) is 0.0263. The molecule has 0 saturated carbocycles. The van der Waals surface area contributed by atoms with Gasteiger partial charge < -0.3 is 14.2 Å². The highest BCUT2D eigenvalue weighted by molar-refractivity contribution is 5.72. The van der Waals surface area contributed by atoms with Crippen molar-refractivity contribution in [3.63, 3.8) is 0 Å². The lowest BCUT2D eigenvalue weighted by Gasteiger charge is -2.18. The molecule has 6 nitrogen and oxygen atoms in total. The van der Waals surface area contributed by atoms with Gasteiger partial charge in [-0.1, -0.05) is 212 Å². The number of esters is 3. The van der Waals surface area contributed by atoms with Crippen LogP contribution in [0.4, 0.5) is 0 Å². The summed E-state index contributed by atoms with van der Waals surface area (Å²) < 4.78 is 16.6. The zero-order valence-electron chi connectivity index (χ0n) is 40.7. The first-order valence-corrected chi connectivity index (χ1v) is 25.2. The van der Waals surface area contributed by atoms with Gasteiger partial charge in [0.1, 0.15) is 13.2 Å². The second kappa shape index (κ2) is 51.2. The summed E-state index contributed by atoms with van der Waals surface area (Å²) in [6, 6.07) is 0. The summed E-state index contributed by atoms with van der Waals surface area (Å²) in [6.45, 7) is 6.25. The number of hydrogen-bond donors (Lipinski definition) is 0. The van der Waals surface area contributed by atoms with Crippen molar-refractivity contribution in [2.45, 2.75) is 200 Å². The van der Waals surface area contributed by atoms with E-state index in [1.54, 1.807) is 6.08 Å². The van der Waals surface area contributed by atoms with E-state index in [1.165, 1.54) is 44.9 Å². The summed E-state index contributed by atoms with van der Waals surface area (Å²) in [5.41, 5.74) is 0. The summed E-state index contributed by atoms with van der Waals surface area (Å²) in [5, 5.41) is 0. The Balaban J connectivity index is 4.56. The molecule has 0 N–H and O–H groups in total. The first-order chi connectivity index (χ1) is 31.5. The monoisotopic (exact) mass is 883 g/mol. The van der Waals surface area contributed by atoms with Crippen LogP contribution in [0, 0.1) is 0 Å². The third-order valence-corrected chi connectivity index (χ3v) is 9.93. The van der Waals surface area contributed by atoms with Crippen molar-refractivity contribution in [1.29, 1.82) is 0 Å². The normalized spacial score (nSPS) is 13.2. The first kappa shape index (κ1) is 59.5. The molecule has 0 heterocycles. The van der Waals surface area contributed by atoms with E-state index in [-0.39, 0.29) is 38.0 Å². The Bertz CT molecular complexity index is 1430. The van der Waals surface area contributed by atoms with E-state index >= 15 is 0 Å². The average molecular weight is 883 g/mol. The number of allylic oxidation sites excluding steroid dienone is 21. The molecule has 0 aromatic carbocycles. The molecule has 0 saturated heterocycles. The summed E-state index contributed by atoms with van der Waals surface area (Å²) in [4.78, 5) is 37.8. The summed E-state index contributed by atoms with van der Waals surface area (Å²) in [6.07, 6.45) is 71.8. The van der Waals surface area contributed by atoms with E-state index < -0.39 is 12.1 Å². The van der Waals surface area contributed by atoms with Crippen LogP contribution in [-0.4, -0.2) is 37.2 Å². The molecular weight excluding hydrogens is 793 g/mol. The van der Waals surface area contributed by atoms with Crippen molar-refractivity contribution in [3.05, 3.63) is 134 Å². The topological polar surface area (TPSA) is 78.9 Å². The van der Waals surface area contributed by atoms with E-state index in [0.29, 0.717) is 19.3 Å². The molecule has 1 unspecified atom stereocenters. The van der Waals surface area contributed by atoms with Gasteiger partial charge in [-0.05, 0) is 96.3 Å². The lowest BCUT2D eigenvalue weighted by molar-refractivity contribution is -0.166. The van der Waals surface area contributed by atoms with Crippen molar-refractivity contribution < 1.29 is 28.6 Å². The van der Waals surface area contributed by atoms with Gasteiger partial charge in [-0.15, -0.1) is 0 Å². The maximum absolute atomic E-state index is 12.7. The van der Waals surface area contributed by atoms with Crippen LogP contribution in [-0.2, 0) is 28.6 Å². The molecule has 0 aliphatic rings. The molecule has 0 spiro atoms. The third-order valence-electron chi connectivity index (χ3n) is 9.93. The lowest BCUT2D eigenvalue weighted by Crippen LogP contribution is -2.30. The van der Waals surface area contributed by atoms with Crippen LogP contribution in [0.15, 0.2) is 134 Å². The van der Waals surface area contributed by atoms with E-state index in [1.807, 2.05) is 6.08 Å². The Morgan fingerprint density at radius 1 is 0.344 bits per heavy atom. The highest BCUT2D eigenvalue weighted by Crippen LogP contribution is 2.12. The largest absolute Gasteiger partial charge is 0.462 e. The number of carbonyl (C=O) groups excluding carboxylic acids is 3. The van der Waals surface area contributed by atoms with Crippen LogP contribution >= 0.6 is 0 Å². The van der Waals surface area contributed by atoms with Gasteiger partial charge in [0.25, 0.3) is 0 Å². The zero-order chi connectivity index (χ0) is 46.5. The summed E-state index contributed by atoms with van der Waals surface area (Å²) in [7, 11) is 0. The number of unbranched alkanes of at least 4 members (excludes halogenated alkanes) is 11. The minimum Gasteiger partial charge on any atom is -0.462 e. The highest BCUT2D eigenvalue weighted by atomic mass is 16.6. The third kappa shape index (κ3) is 48.6. The van der Waals surface area contributed by atoms with Crippen LogP contribution in [0.2, 0.25) is 0 Å². The van der Waals surface area contributed by atoms with Gasteiger partial charge >= 0.3 is 17.9 Å². The van der Waals surface area contributed by atoms with Crippen LogP contribution in [0.1, 0.15) is 194 Å². The van der Waals surface area contributed by atoms with Gasteiger partial charge in [0.2, 0.25) is 0 Å². The fourth-order valence-electron chi connectivity index (χ4n) is 6.22. The maximum Gasteiger partial charge on any atom is 0.310 e. The van der Waals surface area contributed by atoms with Gasteiger partial charge in [-0.2, -0.15) is 0 Å². The van der Waals surface area contributed by atoms with Crippen LogP contribution in [0.25, 0.3) is 0 Å². The fraction of sp³-hybridized carbons (Fsp3) is 0.569. The van der Waals surface area contributed by atoms with E-state index in [2.05, 4.69) is 142 Å². The smallest absolute Gasteiger partial charge is 0.310 e. The Kier molecular flexibility index (Phi) is 47.6. The first-order valence-electron chi connectivity index (χ1n) is 25.2. The number of ether oxygens (including phenoxy) is 3. The molecule has 1 atom stereocenters. The molecule has 0 aliphatic carbocycles. The summed E-state index contributed by atoms with van der Waals surface area (Å²) in [5.74, 6) is -1.12. The molecule has 64 heavy (non-hydrogen) atoms. The van der Waals surface area contributed by atoms with Crippen molar-refractivity contribution >= 4 is 17.9 Å². The standard InChI is InChI=1S/C58H90O6/c1-4-7-10-13-16-19-22-24-26-27-28-29-30-31-33-34-36-39-42-45-48-51-57(60)63-54-55(53-62-56(59)50-47-44-41-38-21-18-15-12-9-6-3)64-58(61)52-49-46-43-40-37-35-32-25-23-20-17-14-11-8-5-2/h7-8,10-11,16-17,19-20,24-26,28-29,31-33,36-37,39-40,46,49,55H,4-6,9,12-15,18,21-23,27,30,34-35,38,41-45,47-48,50-54H2,1-3H3/b10-7-,11-8-,19-16-,20-17-,26-24-,29-28-,32-25-,33-31-,39-36-,40-37-,49-46-. The van der Waals surface area contributed by atoms with E-state index in [9.17, 15) is 14.4 Å². The zero-order valence-corrected chi connectivity index (χ0v) is 40.7. The second-order valence-corrected chi connectivity index (χ2v) is 16.0. The molecule has 0 aromatic heterocycles. The summed E-state index contributed by atoms with van der Waals surface area (Å²) >= 11 is 0. The Morgan fingerprint density at radius 2 is 0.656 bits per heavy atom. The number of carbonyl (C=O) groups is 3. The number of rotatable bonds is 43. The second-order valence-electron chi connectivity index (χ2n) is 16.0. The van der Waals surface area contributed by atoms with Crippen molar-refractivity contribution in [2.75, 3.05) is 13.2 Å². The molecule has 358 valence electrons. The Labute approximate surface area is 392 Å². The Hall–Kier alpha value is -4.45.